The maximum absolute atomic E-state index is 11.8. The minimum atomic E-state index is -2.71. The van der Waals surface area contributed by atoms with Crippen LogP contribution in [0, 0.1) is 4.78 Å². The molecule has 1 aliphatic carbocycles. The van der Waals surface area contributed by atoms with Crippen LogP contribution in [0.4, 0.5) is 5.69 Å². The van der Waals surface area contributed by atoms with Crippen LogP contribution < -0.4 is 9.64 Å². The molecule has 0 spiro atoms. The second-order valence-electron chi connectivity index (χ2n) is 7.52. The Morgan fingerprint density at radius 2 is 2.00 bits per heavy atom. The second kappa shape index (κ2) is 6.35. The lowest BCUT2D eigenvalue weighted by atomic mass is 9.93. The van der Waals surface area contributed by atoms with E-state index in [-0.39, 0.29) is 11.9 Å². The fourth-order valence-electron chi connectivity index (χ4n) is 3.57. The van der Waals surface area contributed by atoms with Crippen LogP contribution in [0.5, 0.6) is 5.88 Å². The van der Waals surface area contributed by atoms with Gasteiger partial charge < -0.3 is 14.7 Å². The largest absolute Gasteiger partial charge is 0.473 e. The zero-order valence-electron chi connectivity index (χ0n) is 14.9. The van der Waals surface area contributed by atoms with Crippen molar-refractivity contribution in [3.05, 3.63) is 24.5 Å². The molecule has 26 heavy (non-hydrogen) atoms. The predicted octanol–water partition coefficient (Wildman–Crippen LogP) is 2.18. The zero-order valence-corrected chi connectivity index (χ0v) is 15.7. The molecule has 1 atom stereocenters. The van der Waals surface area contributed by atoms with Crippen LogP contribution >= 0.6 is 0 Å². The van der Waals surface area contributed by atoms with E-state index in [9.17, 15) is 9.32 Å². The highest BCUT2D eigenvalue weighted by atomic mass is 32.2. The molecule has 2 N–H and O–H groups in total. The molecule has 7 nitrogen and oxygen atoms in total. The van der Waals surface area contributed by atoms with Gasteiger partial charge in [-0.3, -0.25) is 14.0 Å². The van der Waals surface area contributed by atoms with Crippen LogP contribution in [0.15, 0.2) is 24.5 Å². The van der Waals surface area contributed by atoms with Crippen LogP contribution in [-0.2, 0) is 9.73 Å². The molecule has 1 aliphatic heterocycles. The molecule has 2 aliphatic rings. The normalized spacial score (nSPS) is 22.2. The molecule has 1 saturated carbocycles. The highest BCUT2D eigenvalue weighted by Crippen LogP contribution is 2.35. The smallest absolute Gasteiger partial charge is 0.240 e. The zero-order chi connectivity index (χ0) is 18.4. The molecule has 2 aromatic rings. The summed E-state index contributed by atoms with van der Waals surface area (Å²) < 4.78 is 25.3. The van der Waals surface area contributed by atoms with Gasteiger partial charge in [-0.25, -0.2) is 4.98 Å². The molecule has 1 unspecified atom stereocenters. The predicted molar refractivity (Wildman–Crippen MR) is 101 cm³/mol. The fourth-order valence-corrected chi connectivity index (χ4v) is 4.88. The summed E-state index contributed by atoms with van der Waals surface area (Å²) in [5.41, 5.74) is 0.790. The van der Waals surface area contributed by atoms with E-state index in [0.717, 1.165) is 29.4 Å². The number of rotatable bonds is 5. The third-order valence-electron chi connectivity index (χ3n) is 4.98. The van der Waals surface area contributed by atoms with E-state index in [1.807, 2.05) is 12.1 Å². The number of aromatic nitrogens is 2. The number of hydrogen-bond donors (Lipinski definition) is 2. The van der Waals surface area contributed by atoms with Gasteiger partial charge >= 0.3 is 0 Å². The fraction of sp³-hybridized carbons (Fsp3) is 0.556. The lowest BCUT2D eigenvalue weighted by molar-refractivity contribution is 0.0390. The van der Waals surface area contributed by atoms with Crippen molar-refractivity contribution in [1.82, 2.24) is 9.97 Å². The quantitative estimate of drug-likeness (QED) is 0.830. The first kappa shape index (κ1) is 17.5. The van der Waals surface area contributed by atoms with E-state index in [1.54, 1.807) is 12.4 Å². The second-order valence-corrected chi connectivity index (χ2v) is 9.82. The van der Waals surface area contributed by atoms with Crippen molar-refractivity contribution in [1.29, 1.82) is 4.78 Å². The van der Waals surface area contributed by atoms with Crippen molar-refractivity contribution in [3.8, 4) is 5.88 Å². The van der Waals surface area contributed by atoms with Gasteiger partial charge in [-0.05, 0) is 37.8 Å². The van der Waals surface area contributed by atoms with Gasteiger partial charge in [0, 0.05) is 52.5 Å². The van der Waals surface area contributed by atoms with E-state index < -0.39 is 15.3 Å². The van der Waals surface area contributed by atoms with Gasteiger partial charge in [-0.15, -0.1) is 0 Å². The van der Waals surface area contributed by atoms with Crippen molar-refractivity contribution in [2.24, 2.45) is 0 Å². The molecule has 2 aromatic heterocycles. The van der Waals surface area contributed by atoms with Crippen LogP contribution in [-0.4, -0.2) is 56.1 Å². The molecule has 8 heteroatoms. The minimum Gasteiger partial charge on any atom is -0.473 e. The van der Waals surface area contributed by atoms with Crippen LogP contribution in [0.2, 0.25) is 0 Å². The molecule has 0 aromatic carbocycles. The van der Waals surface area contributed by atoms with Gasteiger partial charge in [0.1, 0.15) is 11.6 Å². The average molecular weight is 376 g/mol. The Labute approximate surface area is 153 Å². The highest BCUT2D eigenvalue weighted by Gasteiger charge is 2.35. The van der Waals surface area contributed by atoms with Gasteiger partial charge in [0.25, 0.3) is 0 Å². The van der Waals surface area contributed by atoms with Crippen molar-refractivity contribution < 1.29 is 14.1 Å². The number of fused-ring (bicyclic) bond motifs is 1. The molecule has 0 bridgehead atoms. The lowest BCUT2D eigenvalue weighted by Crippen LogP contribution is -2.48. The lowest BCUT2D eigenvalue weighted by Gasteiger charge is -2.39. The van der Waals surface area contributed by atoms with Crippen molar-refractivity contribution in [2.45, 2.75) is 37.4 Å². The SMILES string of the molecule is CS(=N)(=O)CC1(O)CCN(c2ccnc3c(OC4CC4)nccc23)CC1. The number of aliphatic hydroxyl groups is 1. The number of nitrogens with one attached hydrogen (secondary N) is 1. The van der Waals surface area contributed by atoms with Crippen LogP contribution in [0.1, 0.15) is 25.7 Å². The Bertz CT molecular complexity index is 919. The Morgan fingerprint density at radius 1 is 1.31 bits per heavy atom. The maximum atomic E-state index is 11.8. The Hall–Kier alpha value is -1.93. The Morgan fingerprint density at radius 3 is 2.65 bits per heavy atom. The number of nitrogens with zero attached hydrogens (tertiary/aromatic N) is 3. The van der Waals surface area contributed by atoms with E-state index in [4.69, 9.17) is 9.52 Å². The van der Waals surface area contributed by atoms with Gasteiger partial charge in [-0.2, -0.15) is 0 Å². The monoisotopic (exact) mass is 376 g/mol. The highest BCUT2D eigenvalue weighted by molar-refractivity contribution is 7.91. The van der Waals surface area contributed by atoms with Gasteiger partial charge in [0.05, 0.1) is 11.4 Å². The third-order valence-corrected chi connectivity index (χ3v) is 6.07. The van der Waals surface area contributed by atoms with Crippen LogP contribution in [0.3, 0.4) is 0 Å². The standard InChI is InChI=1S/C18H24N4O3S/c1-26(19,24)12-18(23)6-10-22(11-7-18)15-5-9-20-16-14(15)4-8-21-17(16)25-13-2-3-13/h4-5,8-9,13,19,23H,2-3,6-7,10-12H2,1H3. The Balaban J connectivity index is 1.58. The van der Waals surface area contributed by atoms with Gasteiger partial charge in [0.15, 0.2) is 0 Å². The van der Waals surface area contributed by atoms with Gasteiger partial charge in [0.2, 0.25) is 5.88 Å². The number of pyridine rings is 2. The summed E-state index contributed by atoms with van der Waals surface area (Å²) in [5.74, 6) is 0.620. The first-order valence-corrected chi connectivity index (χ1v) is 11.1. The van der Waals surface area contributed by atoms with Crippen LogP contribution in [0.25, 0.3) is 10.9 Å². The van der Waals surface area contributed by atoms with E-state index in [2.05, 4.69) is 14.9 Å². The van der Waals surface area contributed by atoms with E-state index in [1.165, 1.54) is 6.26 Å². The molecule has 2 fully saturated rings. The number of ether oxygens (including phenoxy) is 1. The summed E-state index contributed by atoms with van der Waals surface area (Å²) >= 11 is 0. The van der Waals surface area contributed by atoms with E-state index in [0.29, 0.717) is 31.8 Å². The summed E-state index contributed by atoms with van der Waals surface area (Å²) in [5, 5.41) is 11.7. The first-order chi connectivity index (χ1) is 12.3. The number of piperidine rings is 1. The topological polar surface area (TPSA) is 99.4 Å². The molecule has 140 valence electrons. The Kier molecular flexibility index (Phi) is 4.27. The van der Waals surface area contributed by atoms with Crippen molar-refractivity contribution >= 4 is 26.3 Å². The minimum absolute atomic E-state index is 0.0359. The third kappa shape index (κ3) is 3.76. The first-order valence-electron chi connectivity index (χ1n) is 8.92. The number of anilines is 1. The van der Waals surface area contributed by atoms with Crippen molar-refractivity contribution in [2.75, 3.05) is 30.0 Å². The summed E-state index contributed by atoms with van der Waals surface area (Å²) in [7, 11) is -2.71. The molecular formula is C18H24N4O3S. The molecule has 4 rings (SSSR count). The maximum Gasteiger partial charge on any atom is 0.240 e. The summed E-state index contributed by atoms with van der Waals surface area (Å²) in [6, 6.07) is 3.92. The molecule has 0 radical (unpaired) electrons. The van der Waals surface area contributed by atoms with Crippen molar-refractivity contribution in [3.63, 3.8) is 0 Å². The average Bonchev–Trinajstić information content (AvgIpc) is 3.38. The summed E-state index contributed by atoms with van der Waals surface area (Å²) in [6.07, 6.45) is 8.30. The molecule has 1 saturated heterocycles. The molecule has 3 heterocycles. The summed E-state index contributed by atoms with van der Waals surface area (Å²) in [4.78, 5) is 11.0. The molecular weight excluding hydrogens is 352 g/mol. The molecule has 0 amide bonds. The summed E-state index contributed by atoms with van der Waals surface area (Å²) in [6.45, 7) is 1.29. The number of hydrogen-bond acceptors (Lipinski definition) is 7. The van der Waals surface area contributed by atoms with Gasteiger partial charge in [-0.1, -0.05) is 0 Å². The van der Waals surface area contributed by atoms with E-state index >= 15 is 0 Å².